The van der Waals surface area contributed by atoms with Crippen molar-refractivity contribution in [2.24, 2.45) is 11.8 Å². The second kappa shape index (κ2) is 20.0. The minimum atomic E-state index is -1.20. The largest absolute Gasteiger partial charge is 0.449 e. The molecule has 1 aromatic rings. The minimum absolute atomic E-state index is 0.110. The van der Waals surface area contributed by atoms with Gasteiger partial charge in [0.2, 0.25) is 29.4 Å². The fraction of sp³-hybridized carbons (Fsp3) is 0.649. The fourth-order valence-electron chi connectivity index (χ4n) is 6.98. The quantitative estimate of drug-likeness (QED) is 0.156. The third-order valence-corrected chi connectivity index (χ3v) is 13.1. The molecule has 3 unspecified atom stereocenters. The maximum Gasteiger partial charge on any atom is 0.407 e. The predicted molar refractivity (Wildman–Crippen MR) is 204 cm³/mol. The first-order valence-electron chi connectivity index (χ1n) is 18.6. The summed E-state index contributed by atoms with van der Waals surface area (Å²) in [7, 11) is 1.44. The lowest BCUT2D eigenvalue weighted by atomic mass is 9.83. The maximum atomic E-state index is 14.5. The standard InChI is InChI=1S/C37H54N6O8S2/c1-5-12-26(31(45)34(48)39-20-28(44)41-29(33(47)38-4)24-13-8-6-9-14-24)40-32(46)27-19-37(52-17-18-53-37)22-43(27)35(49)30(25-15-10-7-11-16-25)42-36(50)51-21-23(2)3/h6,8-9,13-14,23,25-27,29-30H,5,7,10-12,15-22H2,1-4H3,(H,38,47)(H,39,48)(H,40,46)(H,41,44)(H,42,50)/t26?,27-,29?,30?/m0/s1. The Labute approximate surface area is 320 Å². The highest BCUT2D eigenvalue weighted by molar-refractivity contribution is 8.21. The van der Waals surface area contributed by atoms with Gasteiger partial charge in [0.15, 0.2) is 0 Å². The van der Waals surface area contributed by atoms with Crippen LogP contribution in [0, 0.1) is 11.8 Å². The molecule has 53 heavy (non-hydrogen) atoms. The summed E-state index contributed by atoms with van der Waals surface area (Å²) < 4.78 is 4.99. The van der Waals surface area contributed by atoms with Gasteiger partial charge in [-0.05, 0) is 36.7 Å². The number of nitrogens with zero attached hydrogens (tertiary/aromatic N) is 1. The molecule has 6 amide bonds. The van der Waals surface area contributed by atoms with Crippen LogP contribution in [0.3, 0.4) is 0 Å². The van der Waals surface area contributed by atoms with Crippen LogP contribution < -0.4 is 26.6 Å². The number of amides is 6. The molecule has 1 aromatic carbocycles. The zero-order valence-corrected chi connectivity index (χ0v) is 32.7. The molecule has 1 spiro atoms. The lowest BCUT2D eigenvalue weighted by Gasteiger charge is -2.34. The Kier molecular flexibility index (Phi) is 15.9. The van der Waals surface area contributed by atoms with E-state index < -0.39 is 70.3 Å². The van der Waals surface area contributed by atoms with Gasteiger partial charge in [-0.3, -0.25) is 28.8 Å². The molecule has 16 heteroatoms. The molecule has 5 N–H and O–H groups in total. The number of nitrogens with one attached hydrogen (secondary N) is 5. The topological polar surface area (TPSA) is 192 Å². The van der Waals surface area contributed by atoms with Crippen LogP contribution in [0.5, 0.6) is 0 Å². The van der Waals surface area contributed by atoms with Crippen molar-refractivity contribution in [3.8, 4) is 0 Å². The van der Waals surface area contributed by atoms with E-state index in [1.54, 1.807) is 58.8 Å². The van der Waals surface area contributed by atoms with Crippen LogP contribution in [-0.4, -0.2) is 107 Å². The number of carbonyl (C=O) groups is 7. The van der Waals surface area contributed by atoms with Crippen molar-refractivity contribution >= 4 is 64.9 Å². The average molecular weight is 775 g/mol. The van der Waals surface area contributed by atoms with E-state index in [0.717, 1.165) is 43.6 Å². The van der Waals surface area contributed by atoms with E-state index in [0.29, 0.717) is 24.9 Å². The number of carbonyl (C=O) groups excluding carboxylic acids is 7. The molecule has 2 heterocycles. The van der Waals surface area contributed by atoms with Crippen LogP contribution >= 0.6 is 23.5 Å². The van der Waals surface area contributed by atoms with Crippen molar-refractivity contribution in [3.63, 3.8) is 0 Å². The summed E-state index contributed by atoms with van der Waals surface area (Å²) in [5, 5.41) is 13.0. The molecule has 4 atom stereocenters. The van der Waals surface area contributed by atoms with Crippen LogP contribution in [0.25, 0.3) is 0 Å². The van der Waals surface area contributed by atoms with Gasteiger partial charge in [0, 0.05) is 31.5 Å². The number of likely N-dealkylation sites (N-methyl/N-ethyl adjacent to an activating group) is 1. The van der Waals surface area contributed by atoms with Crippen LogP contribution in [-0.2, 0) is 33.5 Å². The number of hydrogen-bond acceptors (Lipinski definition) is 10. The summed E-state index contributed by atoms with van der Waals surface area (Å²) in [5.41, 5.74) is 0.538. The third-order valence-electron chi connectivity index (χ3n) is 9.69. The van der Waals surface area contributed by atoms with Gasteiger partial charge in [0.05, 0.1) is 23.3 Å². The number of thioether (sulfide) groups is 2. The Bertz CT molecular complexity index is 1470. The highest BCUT2D eigenvalue weighted by Gasteiger charge is 2.53. The number of benzene rings is 1. The number of alkyl carbamates (subject to hydrolysis) is 1. The minimum Gasteiger partial charge on any atom is -0.449 e. The van der Waals surface area contributed by atoms with Crippen LogP contribution in [0.2, 0.25) is 0 Å². The molecule has 1 saturated carbocycles. The highest BCUT2D eigenvalue weighted by Crippen LogP contribution is 2.52. The van der Waals surface area contributed by atoms with E-state index >= 15 is 0 Å². The second-order valence-electron chi connectivity index (χ2n) is 14.2. The molecule has 3 fully saturated rings. The molecular formula is C37H54N6O8S2. The zero-order valence-electron chi connectivity index (χ0n) is 31.1. The van der Waals surface area contributed by atoms with E-state index in [1.165, 1.54) is 7.05 Å². The average Bonchev–Trinajstić information content (AvgIpc) is 3.80. The van der Waals surface area contributed by atoms with Gasteiger partial charge in [-0.2, -0.15) is 0 Å². The summed E-state index contributed by atoms with van der Waals surface area (Å²) in [6.07, 6.45) is 4.74. The van der Waals surface area contributed by atoms with E-state index in [2.05, 4.69) is 26.6 Å². The monoisotopic (exact) mass is 774 g/mol. The summed E-state index contributed by atoms with van der Waals surface area (Å²) >= 11 is 3.41. The smallest absolute Gasteiger partial charge is 0.407 e. The number of ether oxygens (including phenoxy) is 1. The van der Waals surface area contributed by atoms with Gasteiger partial charge >= 0.3 is 6.09 Å². The first kappa shape index (κ1) is 42.0. The molecule has 0 aromatic heterocycles. The van der Waals surface area contributed by atoms with Crippen molar-refractivity contribution in [1.82, 2.24) is 31.5 Å². The van der Waals surface area contributed by atoms with Gasteiger partial charge in [0.1, 0.15) is 18.1 Å². The second-order valence-corrected chi connectivity index (χ2v) is 17.4. The SMILES string of the molecule is CCCC(NC(=O)[C@@H]1CC2(CN1C(=O)C(NC(=O)OCC(C)C)C1CCCCC1)SCCS2)C(=O)C(=O)NCC(=O)NC(C(=O)NC)c1ccccc1. The first-order chi connectivity index (χ1) is 25.4. The first-order valence-corrected chi connectivity index (χ1v) is 20.5. The molecule has 4 rings (SSSR count). The van der Waals surface area contributed by atoms with Crippen LogP contribution in [0.4, 0.5) is 4.79 Å². The van der Waals surface area contributed by atoms with Gasteiger partial charge in [-0.1, -0.05) is 76.8 Å². The van der Waals surface area contributed by atoms with Crippen molar-refractivity contribution in [1.29, 1.82) is 0 Å². The Balaban J connectivity index is 1.45. The molecule has 0 radical (unpaired) electrons. The molecule has 1 aliphatic carbocycles. The molecule has 3 aliphatic rings. The van der Waals surface area contributed by atoms with Crippen molar-refractivity contribution < 1.29 is 38.3 Å². The molecule has 292 valence electrons. The Morgan fingerprint density at radius 2 is 1.62 bits per heavy atom. The van der Waals surface area contributed by atoms with Crippen molar-refractivity contribution in [2.75, 3.05) is 38.2 Å². The Morgan fingerprint density at radius 1 is 0.943 bits per heavy atom. The predicted octanol–water partition coefficient (Wildman–Crippen LogP) is 2.67. The molecule has 2 saturated heterocycles. The number of hydrogen-bond donors (Lipinski definition) is 5. The fourth-order valence-corrected chi connectivity index (χ4v) is 10.2. The van der Waals surface area contributed by atoms with Gasteiger partial charge in [-0.25, -0.2) is 4.79 Å². The molecule has 2 aliphatic heterocycles. The Hall–Kier alpha value is -3.79. The lowest BCUT2D eigenvalue weighted by Crippen LogP contribution is -2.58. The number of ketones is 1. The van der Waals surface area contributed by atoms with Crippen molar-refractivity contribution in [2.45, 2.75) is 100 Å². The van der Waals surface area contributed by atoms with Gasteiger partial charge in [-0.15, -0.1) is 23.5 Å². The highest BCUT2D eigenvalue weighted by atomic mass is 32.2. The van der Waals surface area contributed by atoms with Gasteiger partial charge < -0.3 is 36.2 Å². The van der Waals surface area contributed by atoms with E-state index in [1.807, 2.05) is 20.8 Å². The summed E-state index contributed by atoms with van der Waals surface area (Å²) in [4.78, 5) is 94.8. The molecular weight excluding hydrogens is 721 g/mol. The number of Topliss-reactive ketones (excluding diaryl/α,β-unsaturated/α-hetero) is 1. The third kappa shape index (κ3) is 11.6. The normalized spacial score (nSPS) is 19.9. The number of rotatable bonds is 16. The lowest BCUT2D eigenvalue weighted by molar-refractivity contribution is -0.143. The summed E-state index contributed by atoms with van der Waals surface area (Å²) in [6, 6.07) is 4.58. The Morgan fingerprint density at radius 3 is 2.25 bits per heavy atom. The van der Waals surface area contributed by atoms with Crippen molar-refractivity contribution in [3.05, 3.63) is 35.9 Å². The van der Waals surface area contributed by atoms with E-state index in [4.69, 9.17) is 4.74 Å². The van der Waals surface area contributed by atoms with E-state index in [-0.39, 0.29) is 30.8 Å². The van der Waals surface area contributed by atoms with Crippen LogP contribution in [0.15, 0.2) is 30.3 Å². The van der Waals surface area contributed by atoms with E-state index in [9.17, 15) is 33.6 Å². The molecule has 0 bridgehead atoms. The van der Waals surface area contributed by atoms with Crippen LogP contribution in [0.1, 0.15) is 83.7 Å². The molecule has 14 nitrogen and oxygen atoms in total. The summed E-state index contributed by atoms with van der Waals surface area (Å²) in [6.45, 7) is 5.59. The maximum absolute atomic E-state index is 14.5. The number of likely N-dealkylation sites (tertiary alicyclic amines) is 1. The van der Waals surface area contributed by atoms with Gasteiger partial charge in [0.25, 0.3) is 5.91 Å². The summed E-state index contributed by atoms with van der Waals surface area (Å²) in [5.74, 6) is -2.30. The zero-order chi connectivity index (χ0) is 38.5.